The lowest BCUT2D eigenvalue weighted by atomic mass is 10.3. The summed E-state index contributed by atoms with van der Waals surface area (Å²) in [6.07, 6.45) is 6.61. The van der Waals surface area contributed by atoms with E-state index < -0.39 is 0 Å². The van der Waals surface area contributed by atoms with Crippen molar-refractivity contribution >= 4 is 17.5 Å². The molecule has 18 heavy (non-hydrogen) atoms. The Balaban J connectivity index is 1.69. The van der Waals surface area contributed by atoms with Gasteiger partial charge in [-0.15, -0.1) is 10.2 Å². The Morgan fingerprint density at radius 2 is 2.11 bits per heavy atom. The highest BCUT2D eigenvalue weighted by molar-refractivity contribution is 7.99. The summed E-state index contributed by atoms with van der Waals surface area (Å²) < 4.78 is 2.31. The number of carbonyl (C=O) groups excluding carboxylic acids is 1. The number of ketones is 1. The van der Waals surface area contributed by atoms with Gasteiger partial charge in [0.05, 0.1) is 5.75 Å². The van der Waals surface area contributed by atoms with Crippen LogP contribution in [0.2, 0.25) is 0 Å². The van der Waals surface area contributed by atoms with Crippen LogP contribution in [-0.2, 0) is 4.79 Å². The summed E-state index contributed by atoms with van der Waals surface area (Å²) in [6, 6.07) is 0.611. The second-order valence-electron chi connectivity index (χ2n) is 5.29. The zero-order valence-corrected chi connectivity index (χ0v) is 11.6. The first-order valence-electron chi connectivity index (χ1n) is 6.89. The largest absolute Gasteiger partial charge is 0.303 e. The van der Waals surface area contributed by atoms with Crippen molar-refractivity contribution in [3.63, 3.8) is 0 Å². The summed E-state index contributed by atoms with van der Waals surface area (Å²) in [5, 5.41) is 9.60. The monoisotopic (exact) mass is 265 g/mol. The van der Waals surface area contributed by atoms with Gasteiger partial charge < -0.3 is 4.57 Å². The van der Waals surface area contributed by atoms with Gasteiger partial charge in [0, 0.05) is 18.4 Å². The van der Waals surface area contributed by atoms with Crippen LogP contribution in [0.4, 0.5) is 0 Å². The molecule has 4 nitrogen and oxygen atoms in total. The molecule has 2 aliphatic rings. The van der Waals surface area contributed by atoms with Crippen molar-refractivity contribution in [2.45, 2.75) is 62.6 Å². The number of thioether (sulfide) groups is 1. The predicted molar refractivity (Wildman–Crippen MR) is 70.9 cm³/mol. The van der Waals surface area contributed by atoms with E-state index in [2.05, 4.69) is 14.8 Å². The maximum atomic E-state index is 11.6. The first-order chi connectivity index (χ1) is 8.79. The van der Waals surface area contributed by atoms with Crippen molar-refractivity contribution in [3.05, 3.63) is 5.82 Å². The van der Waals surface area contributed by atoms with E-state index in [0.29, 0.717) is 29.9 Å². The number of hydrogen-bond donors (Lipinski definition) is 0. The third kappa shape index (κ3) is 2.60. The van der Waals surface area contributed by atoms with Crippen LogP contribution in [0.5, 0.6) is 0 Å². The van der Waals surface area contributed by atoms with Crippen LogP contribution >= 0.6 is 11.8 Å². The molecule has 1 aromatic heterocycles. The van der Waals surface area contributed by atoms with Crippen molar-refractivity contribution < 1.29 is 4.79 Å². The molecule has 0 aromatic carbocycles. The Labute approximate surface area is 112 Å². The molecule has 0 amide bonds. The minimum Gasteiger partial charge on any atom is -0.303 e. The molecule has 5 heteroatoms. The van der Waals surface area contributed by atoms with E-state index in [9.17, 15) is 4.79 Å². The summed E-state index contributed by atoms with van der Waals surface area (Å²) in [6.45, 7) is 2.04. The fourth-order valence-electron chi connectivity index (χ4n) is 2.18. The molecule has 0 radical (unpaired) electrons. The molecule has 0 spiro atoms. The number of nitrogens with zero attached hydrogens (tertiary/aromatic N) is 3. The quantitative estimate of drug-likeness (QED) is 0.711. The molecule has 1 heterocycles. The maximum Gasteiger partial charge on any atom is 0.191 e. The van der Waals surface area contributed by atoms with Crippen LogP contribution in [-0.4, -0.2) is 26.3 Å². The average molecular weight is 265 g/mol. The molecule has 3 rings (SSSR count). The van der Waals surface area contributed by atoms with Crippen molar-refractivity contribution in [2.24, 2.45) is 0 Å². The fraction of sp³-hybridized carbons (Fsp3) is 0.769. The summed E-state index contributed by atoms with van der Waals surface area (Å²) in [5.41, 5.74) is 0. The normalized spacial score (nSPS) is 19.2. The van der Waals surface area contributed by atoms with Gasteiger partial charge in [0.1, 0.15) is 11.6 Å². The molecular formula is C13H19N3OS. The van der Waals surface area contributed by atoms with Gasteiger partial charge in [0.2, 0.25) is 0 Å². The molecule has 2 saturated carbocycles. The summed E-state index contributed by atoms with van der Waals surface area (Å²) in [5.74, 6) is 2.67. The van der Waals surface area contributed by atoms with Gasteiger partial charge in [-0.1, -0.05) is 18.7 Å². The minimum atomic E-state index is 0.320. The Kier molecular flexibility index (Phi) is 3.41. The Hall–Kier alpha value is -0.840. The van der Waals surface area contributed by atoms with Crippen LogP contribution in [0, 0.1) is 0 Å². The highest BCUT2D eigenvalue weighted by atomic mass is 32.2. The van der Waals surface area contributed by atoms with E-state index in [1.807, 2.05) is 6.92 Å². The number of aromatic nitrogens is 3. The van der Waals surface area contributed by atoms with Gasteiger partial charge in [0.15, 0.2) is 5.16 Å². The smallest absolute Gasteiger partial charge is 0.191 e. The average Bonchev–Trinajstić information content (AvgIpc) is 3.25. The highest BCUT2D eigenvalue weighted by Gasteiger charge is 2.36. The first-order valence-corrected chi connectivity index (χ1v) is 7.87. The van der Waals surface area contributed by atoms with Crippen molar-refractivity contribution in [1.82, 2.24) is 14.8 Å². The predicted octanol–water partition coefficient (Wildman–Crippen LogP) is 2.95. The van der Waals surface area contributed by atoms with Crippen LogP contribution in [0.25, 0.3) is 0 Å². The summed E-state index contributed by atoms with van der Waals surface area (Å²) >= 11 is 1.57. The van der Waals surface area contributed by atoms with Gasteiger partial charge in [-0.2, -0.15) is 0 Å². The fourth-order valence-corrected chi connectivity index (χ4v) is 3.09. The number of carbonyl (C=O) groups is 1. The van der Waals surface area contributed by atoms with Crippen LogP contribution in [0.3, 0.4) is 0 Å². The Bertz CT molecular complexity index is 449. The molecule has 0 bridgehead atoms. The van der Waals surface area contributed by atoms with Gasteiger partial charge in [-0.05, 0) is 32.1 Å². The topological polar surface area (TPSA) is 47.8 Å². The Morgan fingerprint density at radius 1 is 1.33 bits per heavy atom. The van der Waals surface area contributed by atoms with Crippen LogP contribution < -0.4 is 0 Å². The second-order valence-corrected chi connectivity index (χ2v) is 6.24. The standard InChI is InChI=1S/C13H19N3OS/c1-2-3-11(17)8-18-13-15-14-12(9-4-5-9)16(13)10-6-7-10/h9-10H,2-8H2,1H3. The van der Waals surface area contributed by atoms with Crippen molar-refractivity contribution in [1.29, 1.82) is 0 Å². The molecule has 98 valence electrons. The molecule has 0 N–H and O–H groups in total. The van der Waals surface area contributed by atoms with Gasteiger partial charge in [-0.3, -0.25) is 4.79 Å². The van der Waals surface area contributed by atoms with Gasteiger partial charge in [-0.25, -0.2) is 0 Å². The molecule has 0 unspecified atom stereocenters. The molecule has 2 fully saturated rings. The van der Waals surface area contributed by atoms with Gasteiger partial charge in [0.25, 0.3) is 0 Å². The van der Waals surface area contributed by atoms with Crippen molar-refractivity contribution in [2.75, 3.05) is 5.75 Å². The molecule has 1 aromatic rings. The zero-order valence-electron chi connectivity index (χ0n) is 10.8. The first kappa shape index (κ1) is 12.2. The molecule has 0 saturated heterocycles. The second kappa shape index (κ2) is 5.03. The lowest BCUT2D eigenvalue weighted by Crippen LogP contribution is -2.05. The molecule has 0 aliphatic heterocycles. The van der Waals surface area contributed by atoms with Gasteiger partial charge >= 0.3 is 0 Å². The van der Waals surface area contributed by atoms with Crippen LogP contribution in [0.15, 0.2) is 5.16 Å². The van der Waals surface area contributed by atoms with Crippen molar-refractivity contribution in [3.8, 4) is 0 Å². The number of hydrogen-bond acceptors (Lipinski definition) is 4. The SMILES string of the molecule is CCCC(=O)CSc1nnc(C2CC2)n1C1CC1. The third-order valence-electron chi connectivity index (χ3n) is 3.44. The minimum absolute atomic E-state index is 0.320. The summed E-state index contributed by atoms with van der Waals surface area (Å²) in [4.78, 5) is 11.6. The number of rotatable bonds is 7. The maximum absolute atomic E-state index is 11.6. The van der Waals surface area contributed by atoms with E-state index >= 15 is 0 Å². The van der Waals surface area contributed by atoms with E-state index in [0.717, 1.165) is 11.6 Å². The Morgan fingerprint density at radius 3 is 2.72 bits per heavy atom. The third-order valence-corrected chi connectivity index (χ3v) is 4.44. The molecule has 2 aliphatic carbocycles. The summed E-state index contributed by atoms with van der Waals surface area (Å²) in [7, 11) is 0. The number of Topliss-reactive ketones (excluding diaryl/α,β-unsaturated/α-hetero) is 1. The molecular weight excluding hydrogens is 246 g/mol. The van der Waals surface area contributed by atoms with E-state index in [-0.39, 0.29) is 0 Å². The van der Waals surface area contributed by atoms with E-state index in [4.69, 9.17) is 0 Å². The van der Waals surface area contributed by atoms with Crippen LogP contribution in [0.1, 0.15) is 63.2 Å². The van der Waals surface area contributed by atoms with E-state index in [1.54, 1.807) is 11.8 Å². The zero-order chi connectivity index (χ0) is 12.5. The molecule has 0 atom stereocenters. The van der Waals surface area contributed by atoms with E-state index in [1.165, 1.54) is 31.5 Å². The lowest BCUT2D eigenvalue weighted by Gasteiger charge is -2.07. The lowest BCUT2D eigenvalue weighted by molar-refractivity contribution is -0.116. The highest BCUT2D eigenvalue weighted by Crippen LogP contribution is 2.45.